The molecule has 0 unspecified atom stereocenters. The number of aromatic nitrogens is 2. The number of aryl methyl sites for hydroxylation is 1. The predicted molar refractivity (Wildman–Crippen MR) is 57.9 cm³/mol. The van der Waals surface area contributed by atoms with Crippen LogP contribution >= 0.6 is 0 Å². The Morgan fingerprint density at radius 2 is 2.14 bits per heavy atom. The highest BCUT2D eigenvalue weighted by Crippen LogP contribution is 2.27. The third kappa shape index (κ3) is 2.08. The van der Waals surface area contributed by atoms with E-state index in [9.17, 15) is 0 Å². The molecule has 1 aliphatic carbocycles. The average Bonchev–Trinajstić information content (AvgIpc) is 2.47. The fourth-order valence-corrected chi connectivity index (χ4v) is 2.38. The van der Waals surface area contributed by atoms with E-state index in [1.165, 1.54) is 32.1 Å². The van der Waals surface area contributed by atoms with Crippen molar-refractivity contribution >= 4 is 5.69 Å². The van der Waals surface area contributed by atoms with Crippen molar-refractivity contribution in [1.82, 2.24) is 9.78 Å². The summed E-state index contributed by atoms with van der Waals surface area (Å²) in [6, 6.07) is 0. The number of anilines is 1. The van der Waals surface area contributed by atoms with E-state index in [4.69, 9.17) is 5.73 Å². The van der Waals surface area contributed by atoms with Crippen LogP contribution in [-0.4, -0.2) is 9.78 Å². The second-order valence-electron chi connectivity index (χ2n) is 4.41. The van der Waals surface area contributed by atoms with E-state index >= 15 is 0 Å². The summed E-state index contributed by atoms with van der Waals surface area (Å²) in [5, 5.41) is 4.40. The second kappa shape index (κ2) is 4.03. The van der Waals surface area contributed by atoms with Crippen LogP contribution in [0.5, 0.6) is 0 Å². The maximum Gasteiger partial charge on any atom is 0.0856 e. The molecule has 1 saturated carbocycles. The first-order valence-electron chi connectivity index (χ1n) is 5.53. The molecule has 0 bridgehead atoms. The molecule has 1 aliphatic rings. The lowest BCUT2D eigenvalue weighted by molar-refractivity contribution is 0.354. The highest BCUT2D eigenvalue weighted by molar-refractivity contribution is 5.40. The van der Waals surface area contributed by atoms with Gasteiger partial charge in [-0.1, -0.05) is 32.1 Å². The topological polar surface area (TPSA) is 43.8 Å². The van der Waals surface area contributed by atoms with Crippen LogP contribution in [0.2, 0.25) is 0 Å². The van der Waals surface area contributed by atoms with Crippen molar-refractivity contribution in [2.45, 2.75) is 38.5 Å². The zero-order valence-corrected chi connectivity index (χ0v) is 8.87. The van der Waals surface area contributed by atoms with E-state index in [-0.39, 0.29) is 0 Å². The largest absolute Gasteiger partial charge is 0.396 e. The van der Waals surface area contributed by atoms with Gasteiger partial charge in [-0.05, 0) is 12.3 Å². The number of hydrogen-bond donors (Lipinski definition) is 1. The minimum atomic E-state index is 0.820. The summed E-state index contributed by atoms with van der Waals surface area (Å²) in [6.45, 7) is 0. The predicted octanol–water partition coefficient (Wildman–Crippen LogP) is 2.13. The zero-order chi connectivity index (χ0) is 9.97. The van der Waals surface area contributed by atoms with Crippen molar-refractivity contribution in [1.29, 1.82) is 0 Å². The monoisotopic (exact) mass is 193 g/mol. The Morgan fingerprint density at radius 1 is 1.43 bits per heavy atom. The van der Waals surface area contributed by atoms with Crippen molar-refractivity contribution in [2.24, 2.45) is 13.0 Å². The molecule has 1 heterocycles. The Balaban J connectivity index is 1.98. The maximum atomic E-state index is 5.88. The minimum absolute atomic E-state index is 0.820. The zero-order valence-electron chi connectivity index (χ0n) is 8.87. The Kier molecular flexibility index (Phi) is 2.75. The van der Waals surface area contributed by atoms with Crippen LogP contribution in [0.1, 0.15) is 37.8 Å². The van der Waals surface area contributed by atoms with Gasteiger partial charge in [-0.2, -0.15) is 5.10 Å². The van der Waals surface area contributed by atoms with E-state index in [0.29, 0.717) is 0 Å². The Morgan fingerprint density at radius 3 is 2.71 bits per heavy atom. The second-order valence-corrected chi connectivity index (χ2v) is 4.41. The number of nitrogen functional groups attached to an aromatic ring is 1. The fraction of sp³-hybridized carbons (Fsp3) is 0.727. The van der Waals surface area contributed by atoms with Gasteiger partial charge in [0.05, 0.1) is 11.4 Å². The van der Waals surface area contributed by atoms with Gasteiger partial charge < -0.3 is 5.73 Å². The minimum Gasteiger partial charge on any atom is -0.396 e. The van der Waals surface area contributed by atoms with Gasteiger partial charge in [0, 0.05) is 13.2 Å². The number of nitrogens with zero attached hydrogens (tertiary/aromatic N) is 2. The third-order valence-corrected chi connectivity index (χ3v) is 3.14. The van der Waals surface area contributed by atoms with Crippen molar-refractivity contribution in [2.75, 3.05) is 5.73 Å². The summed E-state index contributed by atoms with van der Waals surface area (Å²) in [5.41, 5.74) is 7.83. The normalized spacial score (nSPS) is 18.6. The molecule has 1 aromatic rings. The molecule has 0 saturated heterocycles. The van der Waals surface area contributed by atoms with Gasteiger partial charge in [0.1, 0.15) is 0 Å². The lowest BCUT2D eigenvalue weighted by Crippen LogP contribution is -2.10. The van der Waals surface area contributed by atoms with E-state index < -0.39 is 0 Å². The Labute approximate surface area is 85.3 Å². The summed E-state index contributed by atoms with van der Waals surface area (Å²) in [7, 11) is 1.93. The molecule has 3 heteroatoms. The van der Waals surface area contributed by atoms with Gasteiger partial charge >= 0.3 is 0 Å². The van der Waals surface area contributed by atoms with Gasteiger partial charge in [0.25, 0.3) is 0 Å². The summed E-state index contributed by atoms with van der Waals surface area (Å²) in [5.74, 6) is 0.820. The molecule has 78 valence electrons. The van der Waals surface area contributed by atoms with Gasteiger partial charge in [-0.15, -0.1) is 0 Å². The summed E-state index contributed by atoms with van der Waals surface area (Å²) in [4.78, 5) is 0. The van der Waals surface area contributed by atoms with Gasteiger partial charge in [-0.25, -0.2) is 0 Å². The van der Waals surface area contributed by atoms with E-state index in [2.05, 4.69) is 5.10 Å². The van der Waals surface area contributed by atoms with Gasteiger partial charge in [-0.3, -0.25) is 4.68 Å². The van der Waals surface area contributed by atoms with E-state index in [0.717, 1.165) is 23.7 Å². The van der Waals surface area contributed by atoms with Crippen LogP contribution in [0.3, 0.4) is 0 Å². The Bertz CT molecular complexity index is 297. The van der Waals surface area contributed by atoms with Crippen molar-refractivity contribution in [3.8, 4) is 0 Å². The van der Waals surface area contributed by atoms with Crippen LogP contribution < -0.4 is 5.73 Å². The number of rotatable bonds is 2. The van der Waals surface area contributed by atoms with E-state index in [1.54, 1.807) is 0 Å². The van der Waals surface area contributed by atoms with E-state index in [1.807, 2.05) is 17.9 Å². The van der Waals surface area contributed by atoms with Crippen LogP contribution in [0.4, 0.5) is 5.69 Å². The van der Waals surface area contributed by atoms with Crippen LogP contribution in [-0.2, 0) is 13.5 Å². The van der Waals surface area contributed by atoms with Gasteiger partial charge in [0.2, 0.25) is 0 Å². The summed E-state index contributed by atoms with van der Waals surface area (Å²) in [6.07, 6.45) is 9.87. The molecule has 0 radical (unpaired) electrons. The highest BCUT2D eigenvalue weighted by Gasteiger charge is 2.16. The van der Waals surface area contributed by atoms with Crippen LogP contribution in [0.15, 0.2) is 6.20 Å². The molecule has 0 amide bonds. The third-order valence-electron chi connectivity index (χ3n) is 3.14. The molecule has 2 rings (SSSR count). The van der Waals surface area contributed by atoms with Gasteiger partial charge in [0.15, 0.2) is 0 Å². The molecule has 3 nitrogen and oxygen atoms in total. The molecular weight excluding hydrogens is 174 g/mol. The molecule has 1 fully saturated rings. The highest BCUT2D eigenvalue weighted by atomic mass is 15.3. The first-order chi connectivity index (χ1) is 6.75. The van der Waals surface area contributed by atoms with Crippen molar-refractivity contribution in [3.63, 3.8) is 0 Å². The summed E-state index contributed by atoms with van der Waals surface area (Å²) < 4.78 is 1.81. The number of nitrogens with two attached hydrogens (primary N) is 1. The van der Waals surface area contributed by atoms with Crippen molar-refractivity contribution in [3.05, 3.63) is 11.9 Å². The average molecular weight is 193 g/mol. The molecular formula is C11H19N3. The molecule has 14 heavy (non-hydrogen) atoms. The molecule has 0 aromatic carbocycles. The molecule has 1 aromatic heterocycles. The fourth-order valence-electron chi connectivity index (χ4n) is 2.38. The molecule has 2 N–H and O–H groups in total. The number of hydrogen-bond acceptors (Lipinski definition) is 2. The Hall–Kier alpha value is -0.990. The van der Waals surface area contributed by atoms with Crippen LogP contribution in [0, 0.1) is 5.92 Å². The van der Waals surface area contributed by atoms with Crippen LogP contribution in [0.25, 0.3) is 0 Å². The molecule has 0 aliphatic heterocycles. The lowest BCUT2D eigenvalue weighted by Gasteiger charge is -2.20. The summed E-state index contributed by atoms with van der Waals surface area (Å²) >= 11 is 0. The van der Waals surface area contributed by atoms with Crippen molar-refractivity contribution < 1.29 is 0 Å². The standard InChI is InChI=1S/C11H19N3/c1-14-8-10(12)11(13-14)7-9-5-3-2-4-6-9/h8-9H,2-7,12H2,1H3. The maximum absolute atomic E-state index is 5.88. The quantitative estimate of drug-likeness (QED) is 0.782. The molecule has 0 spiro atoms. The molecule has 0 atom stereocenters. The smallest absolute Gasteiger partial charge is 0.0856 e. The first-order valence-corrected chi connectivity index (χ1v) is 5.53. The first kappa shape index (κ1) is 9.56. The SMILES string of the molecule is Cn1cc(N)c(CC2CCCCC2)n1. The lowest BCUT2D eigenvalue weighted by atomic mass is 9.86.